The Labute approximate surface area is 155 Å². The average Bonchev–Trinajstić information content (AvgIpc) is 3.07. The lowest BCUT2D eigenvalue weighted by Crippen LogP contribution is -2.44. The van der Waals surface area contributed by atoms with E-state index in [0.717, 1.165) is 44.1 Å². The van der Waals surface area contributed by atoms with Crippen LogP contribution in [0.1, 0.15) is 30.9 Å². The lowest BCUT2D eigenvalue weighted by Gasteiger charge is -2.32. The Kier molecular flexibility index (Phi) is 5.96. The molecule has 0 spiro atoms. The molecule has 26 heavy (non-hydrogen) atoms. The van der Waals surface area contributed by atoms with Gasteiger partial charge in [0.05, 0.1) is 18.1 Å². The monoisotopic (exact) mass is 383 g/mol. The fourth-order valence-electron chi connectivity index (χ4n) is 3.97. The Bertz CT molecular complexity index is 746. The van der Waals surface area contributed by atoms with Crippen LogP contribution in [0.4, 0.5) is 0 Å². The summed E-state index contributed by atoms with van der Waals surface area (Å²) in [5.41, 5.74) is 0. The van der Waals surface area contributed by atoms with Crippen LogP contribution in [-0.2, 0) is 21.2 Å². The lowest BCUT2D eigenvalue weighted by atomic mass is 9.98. The van der Waals surface area contributed by atoms with Gasteiger partial charge in [0.2, 0.25) is 5.91 Å². The third-order valence-corrected chi connectivity index (χ3v) is 7.12. The highest BCUT2D eigenvalue weighted by atomic mass is 32.2. The van der Waals surface area contributed by atoms with Gasteiger partial charge >= 0.3 is 0 Å². The Balaban J connectivity index is 1.43. The molecule has 3 rings (SSSR count). The number of aryl methyl sites for hydroxylation is 2. The normalized spacial score (nSPS) is 26.1. The van der Waals surface area contributed by atoms with Gasteiger partial charge in [-0.25, -0.2) is 18.1 Å². The van der Waals surface area contributed by atoms with E-state index < -0.39 is 9.84 Å². The van der Waals surface area contributed by atoms with Crippen LogP contribution < -0.4 is 5.32 Å². The minimum Gasteiger partial charge on any atom is -0.355 e. The second-order valence-electron chi connectivity index (χ2n) is 7.70. The Morgan fingerprint density at radius 3 is 2.73 bits per heavy atom. The predicted molar refractivity (Wildman–Crippen MR) is 98.4 cm³/mol. The molecule has 0 bridgehead atoms. The van der Waals surface area contributed by atoms with Crippen LogP contribution in [0.25, 0.3) is 0 Å². The van der Waals surface area contributed by atoms with Crippen LogP contribution in [0.15, 0.2) is 0 Å². The third-order valence-electron chi connectivity index (χ3n) is 5.28. The minimum atomic E-state index is -2.88. The number of aromatic nitrogens is 3. The summed E-state index contributed by atoms with van der Waals surface area (Å²) >= 11 is 0. The molecule has 146 valence electrons. The van der Waals surface area contributed by atoms with Gasteiger partial charge in [0.15, 0.2) is 9.84 Å². The predicted octanol–water partition coefficient (Wildman–Crippen LogP) is 0.158. The molecule has 0 radical (unpaired) electrons. The van der Waals surface area contributed by atoms with Crippen LogP contribution in [-0.4, -0.2) is 71.7 Å². The summed E-state index contributed by atoms with van der Waals surface area (Å²) in [6.07, 6.45) is 2.87. The van der Waals surface area contributed by atoms with Crippen molar-refractivity contribution in [3.63, 3.8) is 0 Å². The standard InChI is InChI=1S/C17H29N5O3S/c1-13-19-14(2)22(20-13)10-16-4-3-6-21(9-16)11-17(23)18-8-15-5-7-26(24,25)12-15/h15-16H,3-12H2,1-2H3,(H,18,23). The topological polar surface area (TPSA) is 97.2 Å². The molecule has 8 nitrogen and oxygen atoms in total. The van der Waals surface area contributed by atoms with E-state index >= 15 is 0 Å². The van der Waals surface area contributed by atoms with Crippen molar-refractivity contribution in [1.82, 2.24) is 25.0 Å². The number of hydrogen-bond acceptors (Lipinski definition) is 6. The first-order chi connectivity index (χ1) is 12.3. The van der Waals surface area contributed by atoms with Crippen molar-refractivity contribution in [2.24, 2.45) is 11.8 Å². The maximum Gasteiger partial charge on any atom is 0.234 e. The van der Waals surface area contributed by atoms with E-state index in [1.807, 2.05) is 18.5 Å². The van der Waals surface area contributed by atoms with E-state index in [4.69, 9.17) is 0 Å². The second-order valence-corrected chi connectivity index (χ2v) is 9.93. The Morgan fingerprint density at radius 2 is 2.08 bits per heavy atom. The summed E-state index contributed by atoms with van der Waals surface area (Å²) in [5.74, 6) is 2.71. The van der Waals surface area contributed by atoms with E-state index in [9.17, 15) is 13.2 Å². The largest absolute Gasteiger partial charge is 0.355 e. The van der Waals surface area contributed by atoms with Crippen molar-refractivity contribution in [3.8, 4) is 0 Å². The van der Waals surface area contributed by atoms with Gasteiger partial charge < -0.3 is 5.32 Å². The van der Waals surface area contributed by atoms with Gasteiger partial charge in [-0.1, -0.05) is 0 Å². The maximum absolute atomic E-state index is 12.2. The number of carbonyl (C=O) groups excluding carboxylic acids is 1. The molecule has 2 fully saturated rings. The van der Waals surface area contributed by atoms with Crippen LogP contribution in [0, 0.1) is 25.7 Å². The zero-order chi connectivity index (χ0) is 18.7. The Hall–Kier alpha value is -1.48. The first kappa shape index (κ1) is 19.3. The molecule has 2 unspecified atom stereocenters. The zero-order valence-electron chi connectivity index (χ0n) is 15.6. The lowest BCUT2D eigenvalue weighted by molar-refractivity contribution is -0.122. The van der Waals surface area contributed by atoms with Gasteiger partial charge in [-0.2, -0.15) is 5.10 Å². The van der Waals surface area contributed by atoms with Crippen LogP contribution in [0.3, 0.4) is 0 Å². The molecule has 0 aliphatic carbocycles. The van der Waals surface area contributed by atoms with Crippen LogP contribution in [0.2, 0.25) is 0 Å². The van der Waals surface area contributed by atoms with Gasteiger partial charge in [-0.05, 0) is 51.5 Å². The highest BCUT2D eigenvalue weighted by Gasteiger charge is 2.28. The molecular weight excluding hydrogens is 354 g/mol. The van der Waals surface area contributed by atoms with Crippen molar-refractivity contribution < 1.29 is 13.2 Å². The second kappa shape index (κ2) is 8.04. The Morgan fingerprint density at radius 1 is 1.27 bits per heavy atom. The first-order valence-electron chi connectivity index (χ1n) is 9.38. The zero-order valence-corrected chi connectivity index (χ0v) is 16.5. The van der Waals surface area contributed by atoms with Gasteiger partial charge in [-0.3, -0.25) is 9.69 Å². The molecule has 2 aliphatic rings. The number of nitrogens with one attached hydrogen (secondary N) is 1. The number of carbonyl (C=O) groups is 1. The molecule has 1 aromatic heterocycles. The van der Waals surface area contributed by atoms with Gasteiger partial charge in [-0.15, -0.1) is 0 Å². The number of likely N-dealkylation sites (tertiary alicyclic amines) is 1. The number of amides is 1. The summed E-state index contributed by atoms with van der Waals surface area (Å²) in [7, 11) is -2.88. The van der Waals surface area contributed by atoms with E-state index in [1.165, 1.54) is 0 Å². The van der Waals surface area contributed by atoms with Crippen molar-refractivity contribution in [2.75, 3.05) is 37.7 Å². The molecule has 1 aromatic rings. The van der Waals surface area contributed by atoms with E-state index in [-0.39, 0.29) is 23.3 Å². The summed E-state index contributed by atoms with van der Waals surface area (Å²) in [6, 6.07) is 0. The molecule has 3 heterocycles. The van der Waals surface area contributed by atoms with Crippen molar-refractivity contribution in [1.29, 1.82) is 0 Å². The molecule has 2 saturated heterocycles. The summed E-state index contributed by atoms with van der Waals surface area (Å²) in [6.45, 7) is 7.36. The van der Waals surface area contributed by atoms with Crippen molar-refractivity contribution in [2.45, 2.75) is 39.7 Å². The smallest absolute Gasteiger partial charge is 0.234 e. The molecule has 1 N–H and O–H groups in total. The number of nitrogens with zero attached hydrogens (tertiary/aromatic N) is 4. The number of rotatable bonds is 6. The average molecular weight is 384 g/mol. The van der Waals surface area contributed by atoms with Gasteiger partial charge in [0, 0.05) is 19.6 Å². The highest BCUT2D eigenvalue weighted by molar-refractivity contribution is 7.91. The van der Waals surface area contributed by atoms with Gasteiger partial charge in [0.25, 0.3) is 0 Å². The third kappa shape index (κ3) is 5.26. The first-order valence-corrected chi connectivity index (χ1v) is 11.2. The molecule has 0 saturated carbocycles. The SMILES string of the molecule is Cc1nc(C)n(CC2CCCN(CC(=O)NCC3CCS(=O)(=O)C3)C2)n1. The quantitative estimate of drug-likeness (QED) is 0.751. The van der Waals surface area contributed by atoms with Crippen molar-refractivity contribution in [3.05, 3.63) is 11.6 Å². The number of piperidine rings is 1. The van der Waals surface area contributed by atoms with Crippen LogP contribution >= 0.6 is 0 Å². The number of sulfone groups is 1. The van der Waals surface area contributed by atoms with E-state index in [2.05, 4.69) is 20.3 Å². The molecule has 0 aromatic carbocycles. The maximum atomic E-state index is 12.2. The van der Waals surface area contributed by atoms with E-state index in [1.54, 1.807) is 0 Å². The molecule has 2 aliphatic heterocycles. The molecule has 2 atom stereocenters. The van der Waals surface area contributed by atoms with E-state index in [0.29, 0.717) is 25.4 Å². The summed E-state index contributed by atoms with van der Waals surface area (Å²) < 4.78 is 24.9. The summed E-state index contributed by atoms with van der Waals surface area (Å²) in [4.78, 5) is 18.8. The highest BCUT2D eigenvalue weighted by Crippen LogP contribution is 2.19. The van der Waals surface area contributed by atoms with Crippen molar-refractivity contribution >= 4 is 15.7 Å². The molecular formula is C17H29N5O3S. The minimum absolute atomic E-state index is 0.0114. The van der Waals surface area contributed by atoms with Crippen LogP contribution in [0.5, 0.6) is 0 Å². The molecule has 9 heteroatoms. The summed E-state index contributed by atoms with van der Waals surface area (Å²) in [5, 5.41) is 7.35. The molecule has 1 amide bonds. The fourth-order valence-corrected chi connectivity index (χ4v) is 5.83. The number of hydrogen-bond donors (Lipinski definition) is 1. The van der Waals surface area contributed by atoms with Gasteiger partial charge in [0.1, 0.15) is 11.6 Å². The fraction of sp³-hybridized carbons (Fsp3) is 0.824.